The molecule has 0 heterocycles. The molecular weight excluding hydrogens is 446 g/mol. The molecule has 0 aliphatic carbocycles. The van der Waals surface area contributed by atoms with Crippen LogP contribution in [0.3, 0.4) is 0 Å². The topological polar surface area (TPSA) is 79.5 Å². The van der Waals surface area contributed by atoms with Crippen molar-refractivity contribution >= 4 is 35.8 Å². The van der Waals surface area contributed by atoms with Crippen molar-refractivity contribution in [2.45, 2.75) is 26.9 Å². The van der Waals surface area contributed by atoms with E-state index in [-0.39, 0.29) is 29.8 Å². The fourth-order valence-corrected chi connectivity index (χ4v) is 2.34. The van der Waals surface area contributed by atoms with E-state index in [4.69, 9.17) is 5.73 Å². The van der Waals surface area contributed by atoms with Gasteiger partial charge >= 0.3 is 0 Å². The number of amides is 1. The van der Waals surface area contributed by atoms with Crippen molar-refractivity contribution in [2.24, 2.45) is 10.7 Å². The summed E-state index contributed by atoms with van der Waals surface area (Å²) < 4.78 is 13.3. The minimum absolute atomic E-state index is 0. The SMILES string of the molecule is CCNC(=NCc1cccc(C(N)=O)c1)NCc1ccc(F)c(C)c1.I. The fraction of sp³-hybridized carbons (Fsp3) is 0.263. The lowest BCUT2D eigenvalue weighted by molar-refractivity contribution is 0.1000. The summed E-state index contributed by atoms with van der Waals surface area (Å²) in [5.74, 6) is -0.0184. The molecule has 0 aromatic heterocycles. The predicted octanol–water partition coefficient (Wildman–Crippen LogP) is 3.11. The first-order valence-corrected chi connectivity index (χ1v) is 8.15. The van der Waals surface area contributed by atoms with E-state index in [2.05, 4.69) is 15.6 Å². The van der Waals surface area contributed by atoms with Gasteiger partial charge in [-0.2, -0.15) is 0 Å². The van der Waals surface area contributed by atoms with Gasteiger partial charge in [-0.15, -0.1) is 24.0 Å². The zero-order valence-electron chi connectivity index (χ0n) is 14.9. The first-order chi connectivity index (χ1) is 12.0. The van der Waals surface area contributed by atoms with E-state index in [1.54, 1.807) is 31.2 Å². The van der Waals surface area contributed by atoms with Gasteiger partial charge in [-0.1, -0.05) is 24.3 Å². The van der Waals surface area contributed by atoms with Crippen molar-refractivity contribution in [2.75, 3.05) is 6.54 Å². The third kappa shape index (κ3) is 6.62. The molecule has 26 heavy (non-hydrogen) atoms. The molecule has 1 amide bonds. The summed E-state index contributed by atoms with van der Waals surface area (Å²) in [5.41, 5.74) is 8.24. The van der Waals surface area contributed by atoms with Gasteiger partial charge in [0, 0.05) is 18.7 Å². The van der Waals surface area contributed by atoms with Gasteiger partial charge in [0.2, 0.25) is 5.91 Å². The summed E-state index contributed by atoms with van der Waals surface area (Å²) >= 11 is 0. The van der Waals surface area contributed by atoms with Crippen LogP contribution in [-0.4, -0.2) is 18.4 Å². The number of aliphatic imine (C=N–C) groups is 1. The molecule has 0 aliphatic rings. The van der Waals surface area contributed by atoms with Crippen LogP contribution < -0.4 is 16.4 Å². The monoisotopic (exact) mass is 470 g/mol. The van der Waals surface area contributed by atoms with E-state index in [0.29, 0.717) is 30.2 Å². The Kier molecular flexibility index (Phi) is 9.04. The average molecular weight is 470 g/mol. The number of nitrogens with zero attached hydrogens (tertiary/aromatic N) is 1. The number of carbonyl (C=O) groups is 1. The summed E-state index contributed by atoms with van der Waals surface area (Å²) in [6, 6.07) is 12.1. The smallest absolute Gasteiger partial charge is 0.248 e. The predicted molar refractivity (Wildman–Crippen MR) is 113 cm³/mol. The summed E-state index contributed by atoms with van der Waals surface area (Å²) in [5, 5.41) is 6.38. The summed E-state index contributed by atoms with van der Waals surface area (Å²) in [6.45, 7) is 5.39. The van der Waals surface area contributed by atoms with Crippen molar-refractivity contribution in [3.05, 3.63) is 70.5 Å². The first-order valence-electron chi connectivity index (χ1n) is 8.15. The van der Waals surface area contributed by atoms with Crippen LogP contribution in [0.5, 0.6) is 0 Å². The molecule has 7 heteroatoms. The minimum Gasteiger partial charge on any atom is -0.366 e. The molecule has 4 N–H and O–H groups in total. The Morgan fingerprint density at radius 1 is 1.15 bits per heavy atom. The Balaban J connectivity index is 0.00000338. The number of aryl methyl sites for hydroxylation is 1. The molecule has 5 nitrogen and oxygen atoms in total. The average Bonchev–Trinajstić information content (AvgIpc) is 2.60. The molecule has 0 atom stereocenters. The Bertz CT molecular complexity index is 780. The number of hydrogen-bond acceptors (Lipinski definition) is 2. The third-order valence-electron chi connectivity index (χ3n) is 3.66. The first kappa shape index (κ1) is 21.9. The highest BCUT2D eigenvalue weighted by atomic mass is 127. The standard InChI is InChI=1S/C19H23FN4O.HI/c1-3-22-19(24-12-15-7-8-17(20)13(2)9-15)23-11-14-5-4-6-16(10-14)18(21)25;/h4-10H,3,11-12H2,1-2H3,(H2,21,25)(H2,22,23,24);1H. The van der Waals surface area contributed by atoms with Gasteiger partial charge < -0.3 is 16.4 Å². The Morgan fingerprint density at radius 3 is 2.58 bits per heavy atom. The van der Waals surface area contributed by atoms with Gasteiger partial charge in [0.1, 0.15) is 5.82 Å². The Morgan fingerprint density at radius 2 is 1.92 bits per heavy atom. The number of nitrogens with two attached hydrogens (primary N) is 1. The van der Waals surface area contributed by atoms with E-state index in [9.17, 15) is 9.18 Å². The van der Waals surface area contributed by atoms with Crippen LogP contribution in [0.4, 0.5) is 4.39 Å². The van der Waals surface area contributed by atoms with Gasteiger partial charge in [0.15, 0.2) is 5.96 Å². The molecule has 0 bridgehead atoms. The van der Waals surface area contributed by atoms with Crippen molar-refractivity contribution in [1.29, 1.82) is 0 Å². The lowest BCUT2D eigenvalue weighted by Crippen LogP contribution is -2.36. The minimum atomic E-state index is -0.456. The molecule has 0 saturated heterocycles. The Hall–Kier alpha value is -2.16. The highest BCUT2D eigenvalue weighted by Crippen LogP contribution is 2.09. The molecule has 0 unspecified atom stereocenters. The third-order valence-corrected chi connectivity index (χ3v) is 3.66. The van der Waals surface area contributed by atoms with Gasteiger partial charge in [-0.3, -0.25) is 4.79 Å². The van der Waals surface area contributed by atoms with Crippen molar-refractivity contribution in [3.8, 4) is 0 Å². The molecule has 0 fully saturated rings. The Labute approximate surface area is 170 Å². The zero-order chi connectivity index (χ0) is 18.2. The second-order valence-corrected chi connectivity index (χ2v) is 5.70. The number of nitrogens with one attached hydrogen (secondary N) is 2. The highest BCUT2D eigenvalue weighted by molar-refractivity contribution is 14.0. The number of halogens is 2. The normalized spacial score (nSPS) is 10.8. The van der Waals surface area contributed by atoms with E-state index in [0.717, 1.165) is 17.7 Å². The fourth-order valence-electron chi connectivity index (χ4n) is 2.34. The molecule has 2 aromatic carbocycles. The van der Waals surface area contributed by atoms with Gasteiger partial charge in [-0.25, -0.2) is 9.38 Å². The van der Waals surface area contributed by atoms with E-state index >= 15 is 0 Å². The summed E-state index contributed by atoms with van der Waals surface area (Å²) in [4.78, 5) is 15.7. The largest absolute Gasteiger partial charge is 0.366 e. The maximum Gasteiger partial charge on any atom is 0.248 e. The van der Waals surface area contributed by atoms with Crippen LogP contribution in [0.1, 0.15) is 34.0 Å². The molecule has 140 valence electrons. The van der Waals surface area contributed by atoms with Gasteiger partial charge in [0.05, 0.1) is 6.54 Å². The number of benzene rings is 2. The maximum atomic E-state index is 13.3. The van der Waals surface area contributed by atoms with Crippen LogP contribution in [0.25, 0.3) is 0 Å². The molecule has 2 aromatic rings. The van der Waals surface area contributed by atoms with Crippen molar-refractivity contribution in [1.82, 2.24) is 10.6 Å². The quantitative estimate of drug-likeness (QED) is 0.345. The van der Waals surface area contributed by atoms with E-state index in [1.807, 2.05) is 19.1 Å². The van der Waals surface area contributed by atoms with Crippen molar-refractivity contribution < 1.29 is 9.18 Å². The van der Waals surface area contributed by atoms with Crippen LogP contribution in [0.2, 0.25) is 0 Å². The van der Waals surface area contributed by atoms with Crippen LogP contribution in [0, 0.1) is 12.7 Å². The molecule has 2 rings (SSSR count). The van der Waals surface area contributed by atoms with E-state index < -0.39 is 5.91 Å². The maximum absolute atomic E-state index is 13.3. The number of primary amides is 1. The second kappa shape index (κ2) is 10.7. The summed E-state index contributed by atoms with van der Waals surface area (Å²) in [6.07, 6.45) is 0. The number of hydrogen-bond donors (Lipinski definition) is 3. The number of carbonyl (C=O) groups excluding carboxylic acids is 1. The van der Waals surface area contributed by atoms with Crippen molar-refractivity contribution in [3.63, 3.8) is 0 Å². The molecule has 0 aliphatic heterocycles. The molecular formula is C19H24FIN4O. The van der Waals surface area contributed by atoms with E-state index in [1.165, 1.54) is 6.07 Å². The van der Waals surface area contributed by atoms with Crippen LogP contribution in [-0.2, 0) is 13.1 Å². The van der Waals surface area contributed by atoms with Gasteiger partial charge in [-0.05, 0) is 48.7 Å². The van der Waals surface area contributed by atoms with Gasteiger partial charge in [0.25, 0.3) is 0 Å². The summed E-state index contributed by atoms with van der Waals surface area (Å²) in [7, 11) is 0. The molecule has 0 saturated carbocycles. The van der Waals surface area contributed by atoms with Crippen LogP contribution in [0.15, 0.2) is 47.5 Å². The zero-order valence-corrected chi connectivity index (χ0v) is 17.2. The molecule has 0 radical (unpaired) electrons. The number of rotatable bonds is 6. The van der Waals surface area contributed by atoms with Crippen LogP contribution >= 0.6 is 24.0 Å². The second-order valence-electron chi connectivity index (χ2n) is 5.70. The highest BCUT2D eigenvalue weighted by Gasteiger charge is 2.03. The lowest BCUT2D eigenvalue weighted by atomic mass is 10.1. The molecule has 0 spiro atoms. The number of guanidine groups is 1. The lowest BCUT2D eigenvalue weighted by Gasteiger charge is -2.12.